The van der Waals surface area contributed by atoms with E-state index in [0.717, 1.165) is 10.5 Å². The highest BCUT2D eigenvalue weighted by Gasteiger charge is 1.99. The summed E-state index contributed by atoms with van der Waals surface area (Å²) in [6.07, 6.45) is 0. The fraction of sp³-hybridized carbons (Fsp3) is 0.222. The Bertz CT molecular complexity index is 406. The topological polar surface area (TPSA) is 38.9 Å². The van der Waals surface area contributed by atoms with E-state index in [1.807, 2.05) is 19.1 Å². The number of hydrogen-bond donors (Lipinski definition) is 1. The lowest BCUT2D eigenvalue weighted by Gasteiger charge is -1.93. The van der Waals surface area contributed by atoms with Gasteiger partial charge in [-0.1, -0.05) is 6.07 Å². The van der Waals surface area contributed by atoms with Crippen molar-refractivity contribution in [3.8, 4) is 0 Å². The van der Waals surface area contributed by atoms with Crippen LogP contribution in [0.25, 0.3) is 10.2 Å². The molecule has 1 heterocycles. The van der Waals surface area contributed by atoms with E-state index in [1.165, 1.54) is 10.3 Å². The molecule has 0 atom stereocenters. The second-order valence-electron chi connectivity index (χ2n) is 2.74. The molecule has 0 saturated heterocycles. The Hall–Kier alpha value is -0.930. The molecule has 0 aliphatic rings. The molecule has 2 aromatic rings. The number of aromatic nitrogens is 1. The highest BCUT2D eigenvalue weighted by molar-refractivity contribution is 7.18. The van der Waals surface area contributed by atoms with Crippen molar-refractivity contribution >= 4 is 21.6 Å². The van der Waals surface area contributed by atoms with Gasteiger partial charge in [-0.3, -0.25) is 0 Å². The van der Waals surface area contributed by atoms with Crippen molar-refractivity contribution in [2.75, 3.05) is 0 Å². The molecule has 3 heteroatoms. The maximum absolute atomic E-state index is 5.53. The zero-order chi connectivity index (χ0) is 8.55. The van der Waals surface area contributed by atoms with Crippen LogP contribution < -0.4 is 5.73 Å². The largest absolute Gasteiger partial charge is 0.326 e. The van der Waals surface area contributed by atoms with Crippen molar-refractivity contribution in [1.82, 2.24) is 4.98 Å². The molecular weight excluding hydrogens is 168 g/mol. The van der Waals surface area contributed by atoms with Crippen LogP contribution in [0.5, 0.6) is 0 Å². The van der Waals surface area contributed by atoms with Crippen LogP contribution in [0.3, 0.4) is 0 Å². The standard InChI is InChI=1S/C9H10N2S/c1-6-11-8-3-2-7(5-10)4-9(8)12-6/h2-4H,5,10H2,1H3. The maximum atomic E-state index is 5.53. The van der Waals surface area contributed by atoms with Gasteiger partial charge in [0.2, 0.25) is 0 Å². The van der Waals surface area contributed by atoms with Gasteiger partial charge in [0.05, 0.1) is 15.2 Å². The number of thiazole rings is 1. The molecule has 1 aromatic heterocycles. The van der Waals surface area contributed by atoms with Crippen molar-refractivity contribution in [2.24, 2.45) is 5.73 Å². The van der Waals surface area contributed by atoms with Crippen LogP contribution in [-0.2, 0) is 6.54 Å². The van der Waals surface area contributed by atoms with Gasteiger partial charge in [0.1, 0.15) is 0 Å². The molecule has 62 valence electrons. The smallest absolute Gasteiger partial charge is 0.0907 e. The van der Waals surface area contributed by atoms with Gasteiger partial charge < -0.3 is 5.73 Å². The van der Waals surface area contributed by atoms with Gasteiger partial charge in [0.15, 0.2) is 0 Å². The lowest BCUT2D eigenvalue weighted by molar-refractivity contribution is 1.08. The summed E-state index contributed by atoms with van der Waals surface area (Å²) in [6.45, 7) is 2.62. The van der Waals surface area contributed by atoms with Gasteiger partial charge in [-0.05, 0) is 24.6 Å². The Morgan fingerprint density at radius 3 is 3.08 bits per heavy atom. The van der Waals surface area contributed by atoms with Crippen LogP contribution in [0.4, 0.5) is 0 Å². The summed E-state index contributed by atoms with van der Waals surface area (Å²) in [7, 11) is 0. The van der Waals surface area contributed by atoms with Crippen molar-refractivity contribution < 1.29 is 0 Å². The van der Waals surface area contributed by atoms with Gasteiger partial charge in [0.25, 0.3) is 0 Å². The third-order valence-corrected chi connectivity index (χ3v) is 2.73. The van der Waals surface area contributed by atoms with Gasteiger partial charge in [-0.15, -0.1) is 11.3 Å². The Morgan fingerprint density at radius 1 is 1.50 bits per heavy atom. The van der Waals surface area contributed by atoms with Gasteiger partial charge in [-0.2, -0.15) is 0 Å². The average Bonchev–Trinajstić information content (AvgIpc) is 2.43. The van der Waals surface area contributed by atoms with Crippen LogP contribution in [0.15, 0.2) is 18.2 Å². The predicted octanol–water partition coefficient (Wildman–Crippen LogP) is 2.06. The van der Waals surface area contributed by atoms with Crippen molar-refractivity contribution in [1.29, 1.82) is 0 Å². The quantitative estimate of drug-likeness (QED) is 0.726. The molecule has 0 aliphatic heterocycles. The third kappa shape index (κ3) is 1.21. The van der Waals surface area contributed by atoms with Crippen LogP contribution in [0, 0.1) is 6.92 Å². The summed E-state index contributed by atoms with van der Waals surface area (Å²) < 4.78 is 1.23. The van der Waals surface area contributed by atoms with E-state index >= 15 is 0 Å². The van der Waals surface area contributed by atoms with Crippen LogP contribution in [-0.4, -0.2) is 4.98 Å². The molecule has 0 saturated carbocycles. The Labute approximate surface area is 75.0 Å². The van der Waals surface area contributed by atoms with Gasteiger partial charge >= 0.3 is 0 Å². The Kier molecular flexibility index (Phi) is 1.83. The minimum atomic E-state index is 0.604. The first-order chi connectivity index (χ1) is 5.79. The lowest BCUT2D eigenvalue weighted by atomic mass is 10.2. The number of hydrogen-bond acceptors (Lipinski definition) is 3. The van der Waals surface area contributed by atoms with E-state index in [9.17, 15) is 0 Å². The molecule has 2 rings (SSSR count). The highest BCUT2D eigenvalue weighted by Crippen LogP contribution is 2.22. The molecule has 1 aromatic carbocycles. The van der Waals surface area contributed by atoms with Crippen LogP contribution in [0.1, 0.15) is 10.6 Å². The molecule has 0 unspecified atom stereocenters. The number of aryl methyl sites for hydroxylation is 1. The van der Waals surface area contributed by atoms with Crippen molar-refractivity contribution in [3.05, 3.63) is 28.8 Å². The third-order valence-electron chi connectivity index (χ3n) is 1.80. The van der Waals surface area contributed by atoms with E-state index in [4.69, 9.17) is 5.73 Å². The molecule has 2 nitrogen and oxygen atoms in total. The monoisotopic (exact) mass is 178 g/mol. The van der Waals surface area contributed by atoms with Crippen molar-refractivity contribution in [2.45, 2.75) is 13.5 Å². The number of fused-ring (bicyclic) bond motifs is 1. The first kappa shape index (κ1) is 7.71. The second kappa shape index (κ2) is 2.84. The summed E-state index contributed by atoms with van der Waals surface area (Å²) in [6, 6.07) is 6.17. The zero-order valence-electron chi connectivity index (χ0n) is 6.87. The van der Waals surface area contributed by atoms with Crippen LogP contribution in [0.2, 0.25) is 0 Å². The summed E-state index contributed by atoms with van der Waals surface area (Å²) in [4.78, 5) is 4.37. The molecule has 12 heavy (non-hydrogen) atoms. The van der Waals surface area contributed by atoms with E-state index in [-0.39, 0.29) is 0 Å². The minimum Gasteiger partial charge on any atom is -0.326 e. The second-order valence-corrected chi connectivity index (χ2v) is 3.97. The Morgan fingerprint density at radius 2 is 2.33 bits per heavy atom. The van der Waals surface area contributed by atoms with Gasteiger partial charge in [0, 0.05) is 6.54 Å². The summed E-state index contributed by atoms with van der Waals surface area (Å²) >= 11 is 1.72. The molecule has 0 spiro atoms. The van der Waals surface area contributed by atoms with Gasteiger partial charge in [-0.25, -0.2) is 4.98 Å². The number of nitrogens with two attached hydrogens (primary N) is 1. The number of nitrogens with zero attached hydrogens (tertiary/aromatic N) is 1. The maximum Gasteiger partial charge on any atom is 0.0907 e. The fourth-order valence-electron chi connectivity index (χ4n) is 1.21. The van der Waals surface area contributed by atoms with Crippen LogP contribution >= 0.6 is 11.3 Å². The minimum absolute atomic E-state index is 0.604. The average molecular weight is 178 g/mol. The molecule has 0 fully saturated rings. The first-order valence-corrected chi connectivity index (χ1v) is 4.67. The Balaban J connectivity index is 2.66. The molecule has 0 aliphatic carbocycles. The fourth-order valence-corrected chi connectivity index (χ4v) is 2.10. The normalized spacial score (nSPS) is 10.8. The number of rotatable bonds is 1. The summed E-state index contributed by atoms with van der Waals surface area (Å²) in [5.74, 6) is 0. The van der Waals surface area contributed by atoms with Crippen molar-refractivity contribution in [3.63, 3.8) is 0 Å². The van der Waals surface area contributed by atoms with E-state index in [0.29, 0.717) is 6.54 Å². The lowest BCUT2D eigenvalue weighted by Crippen LogP contribution is -1.94. The number of benzene rings is 1. The zero-order valence-corrected chi connectivity index (χ0v) is 7.69. The van der Waals surface area contributed by atoms with E-state index < -0.39 is 0 Å². The molecular formula is C9H10N2S. The first-order valence-electron chi connectivity index (χ1n) is 3.86. The molecule has 2 N–H and O–H groups in total. The van der Waals surface area contributed by atoms with E-state index in [1.54, 1.807) is 11.3 Å². The van der Waals surface area contributed by atoms with E-state index in [2.05, 4.69) is 11.1 Å². The SMILES string of the molecule is Cc1nc2ccc(CN)cc2s1. The highest BCUT2D eigenvalue weighted by atomic mass is 32.1. The summed E-state index contributed by atoms with van der Waals surface area (Å²) in [5, 5.41) is 1.11. The summed E-state index contributed by atoms with van der Waals surface area (Å²) in [5.41, 5.74) is 7.78. The predicted molar refractivity (Wildman–Crippen MR) is 52.2 cm³/mol. The molecule has 0 amide bonds. The molecule has 0 bridgehead atoms. The molecule has 0 radical (unpaired) electrons.